The van der Waals surface area contributed by atoms with Crippen LogP contribution in [0.4, 0.5) is 0 Å². The van der Waals surface area contributed by atoms with Crippen molar-refractivity contribution >= 4 is 17.2 Å². The number of aryl methyl sites for hydroxylation is 1. The molecule has 1 unspecified atom stereocenters. The molecule has 0 aliphatic rings. The summed E-state index contributed by atoms with van der Waals surface area (Å²) < 4.78 is 0. The normalized spacial score (nSPS) is 13.5. The molecular formula is C18H16N2O2S. The molecule has 5 heteroatoms. The van der Waals surface area contributed by atoms with Crippen molar-refractivity contribution in [2.75, 3.05) is 0 Å². The van der Waals surface area contributed by atoms with E-state index in [1.54, 1.807) is 53.2 Å². The van der Waals surface area contributed by atoms with Gasteiger partial charge in [-0.05, 0) is 23.6 Å². The van der Waals surface area contributed by atoms with Crippen LogP contribution in [0.2, 0.25) is 0 Å². The van der Waals surface area contributed by atoms with Gasteiger partial charge in [0.2, 0.25) is 0 Å². The number of aliphatic hydroxyl groups is 1. The Morgan fingerprint density at radius 3 is 2.22 bits per heavy atom. The van der Waals surface area contributed by atoms with Gasteiger partial charge in [-0.3, -0.25) is 4.79 Å². The first-order chi connectivity index (χ1) is 11.0. The summed E-state index contributed by atoms with van der Waals surface area (Å²) in [4.78, 5) is 17.3. The van der Waals surface area contributed by atoms with Crippen molar-refractivity contribution in [3.05, 3.63) is 76.9 Å². The van der Waals surface area contributed by atoms with Crippen LogP contribution in [0, 0.1) is 6.92 Å². The molecule has 3 rings (SSSR count). The summed E-state index contributed by atoms with van der Waals surface area (Å²) in [7, 11) is 0. The van der Waals surface area contributed by atoms with E-state index in [-0.39, 0.29) is 0 Å². The number of carbonyl (C=O) groups is 1. The van der Waals surface area contributed by atoms with Crippen LogP contribution >= 0.6 is 11.3 Å². The molecule has 3 aromatic rings. The van der Waals surface area contributed by atoms with Gasteiger partial charge in [0, 0.05) is 0 Å². The highest BCUT2D eigenvalue weighted by molar-refractivity contribution is 7.13. The number of carbonyl (C=O) groups excluding carboxylic acids is 1. The number of hydrogen-bond donors (Lipinski definition) is 2. The minimum absolute atomic E-state index is 0.446. The van der Waals surface area contributed by atoms with Gasteiger partial charge < -0.3 is 10.8 Å². The maximum atomic E-state index is 12.0. The van der Waals surface area contributed by atoms with Crippen LogP contribution in [0.15, 0.2) is 60.1 Å². The van der Waals surface area contributed by atoms with Gasteiger partial charge >= 0.3 is 0 Å². The Labute approximate surface area is 138 Å². The second kappa shape index (κ2) is 5.95. The van der Waals surface area contributed by atoms with Crippen molar-refractivity contribution in [1.82, 2.24) is 4.98 Å². The van der Waals surface area contributed by atoms with E-state index in [4.69, 9.17) is 5.73 Å². The lowest BCUT2D eigenvalue weighted by Gasteiger charge is -2.25. The molecule has 3 N–H and O–H groups in total. The van der Waals surface area contributed by atoms with Gasteiger partial charge in [0.05, 0.1) is 16.1 Å². The third kappa shape index (κ3) is 2.65. The molecule has 0 aliphatic carbocycles. The summed E-state index contributed by atoms with van der Waals surface area (Å²) >= 11 is 1.55. The smallest absolute Gasteiger partial charge is 0.258 e. The third-order valence-electron chi connectivity index (χ3n) is 3.86. The van der Waals surface area contributed by atoms with Crippen molar-refractivity contribution in [2.45, 2.75) is 12.5 Å². The molecule has 23 heavy (non-hydrogen) atoms. The second-order valence-electron chi connectivity index (χ2n) is 5.28. The number of amides is 1. The van der Waals surface area contributed by atoms with Crippen molar-refractivity contribution in [1.29, 1.82) is 0 Å². The van der Waals surface area contributed by atoms with Crippen LogP contribution in [0.5, 0.6) is 0 Å². The predicted octanol–water partition coefficient (Wildman–Crippen LogP) is 2.84. The minimum Gasteiger partial charge on any atom is -0.372 e. The summed E-state index contributed by atoms with van der Waals surface area (Å²) in [5, 5.41) is 10.9. The molecule has 0 saturated carbocycles. The summed E-state index contributed by atoms with van der Waals surface area (Å²) in [5.41, 5.74) is 8.29. The third-order valence-corrected chi connectivity index (χ3v) is 4.84. The molecule has 0 spiro atoms. The topological polar surface area (TPSA) is 76.2 Å². The van der Waals surface area contributed by atoms with E-state index in [9.17, 15) is 9.90 Å². The number of nitrogens with zero attached hydrogens (tertiary/aromatic N) is 1. The summed E-state index contributed by atoms with van der Waals surface area (Å²) in [6.07, 6.45) is 0. The average Bonchev–Trinajstić information content (AvgIpc) is 3.01. The van der Waals surface area contributed by atoms with Gasteiger partial charge in [0.1, 0.15) is 0 Å². The molecule has 1 atom stereocenters. The Morgan fingerprint density at radius 2 is 1.70 bits per heavy atom. The minimum atomic E-state index is -1.84. The number of benzene rings is 2. The van der Waals surface area contributed by atoms with Crippen molar-refractivity contribution < 1.29 is 9.90 Å². The Bertz CT molecular complexity index is 828. The number of primary amides is 1. The number of thiazole rings is 1. The Balaban J connectivity index is 2.05. The number of hydrogen-bond acceptors (Lipinski definition) is 4. The summed E-state index contributed by atoms with van der Waals surface area (Å²) in [5.74, 6) is -0.801. The van der Waals surface area contributed by atoms with E-state index in [0.29, 0.717) is 11.1 Å². The second-order valence-corrected chi connectivity index (χ2v) is 6.14. The fourth-order valence-electron chi connectivity index (χ4n) is 2.57. The van der Waals surface area contributed by atoms with Crippen molar-refractivity contribution in [3.8, 4) is 10.4 Å². The number of aromatic nitrogens is 1. The summed E-state index contributed by atoms with van der Waals surface area (Å²) in [6.45, 7) is 1.95. The van der Waals surface area contributed by atoms with Crippen LogP contribution in [0.1, 0.15) is 16.8 Å². The molecule has 1 amide bonds. The lowest BCUT2D eigenvalue weighted by atomic mass is 9.85. The summed E-state index contributed by atoms with van der Waals surface area (Å²) in [6, 6.07) is 15.9. The first-order valence-electron chi connectivity index (χ1n) is 7.12. The molecule has 1 heterocycles. The van der Waals surface area contributed by atoms with Crippen LogP contribution in [0.25, 0.3) is 10.4 Å². The Hall–Kier alpha value is -2.50. The van der Waals surface area contributed by atoms with Gasteiger partial charge in [-0.25, -0.2) is 4.98 Å². The SMILES string of the molecule is Cc1ncsc1-c1ccc(C(O)(C(N)=O)c2ccccc2)cc1. The van der Waals surface area contributed by atoms with E-state index in [2.05, 4.69) is 4.98 Å². The highest BCUT2D eigenvalue weighted by atomic mass is 32.1. The van der Waals surface area contributed by atoms with E-state index >= 15 is 0 Å². The molecule has 0 saturated heterocycles. The van der Waals surface area contributed by atoms with Crippen molar-refractivity contribution in [2.24, 2.45) is 5.73 Å². The largest absolute Gasteiger partial charge is 0.372 e. The molecule has 4 nitrogen and oxygen atoms in total. The van der Waals surface area contributed by atoms with Crippen LogP contribution < -0.4 is 5.73 Å². The van der Waals surface area contributed by atoms with Gasteiger partial charge in [0.15, 0.2) is 5.60 Å². The standard InChI is InChI=1S/C18H16N2O2S/c1-12-16(23-11-20-12)13-7-9-15(10-8-13)18(22,17(19)21)14-5-3-2-4-6-14/h2-11,22H,1H3,(H2,19,21). The van der Waals surface area contributed by atoms with Gasteiger partial charge in [-0.15, -0.1) is 11.3 Å². The monoisotopic (exact) mass is 324 g/mol. The fraction of sp³-hybridized carbons (Fsp3) is 0.111. The quantitative estimate of drug-likeness (QED) is 0.775. The first-order valence-corrected chi connectivity index (χ1v) is 8.00. The molecule has 0 bridgehead atoms. The molecular weight excluding hydrogens is 308 g/mol. The first kappa shape index (κ1) is 15.4. The molecule has 2 aromatic carbocycles. The molecule has 0 fully saturated rings. The molecule has 116 valence electrons. The lowest BCUT2D eigenvalue weighted by molar-refractivity contribution is -0.133. The van der Waals surface area contributed by atoms with Gasteiger partial charge in [-0.1, -0.05) is 54.6 Å². The molecule has 1 aromatic heterocycles. The lowest BCUT2D eigenvalue weighted by Crippen LogP contribution is -2.42. The molecule has 0 radical (unpaired) electrons. The highest BCUT2D eigenvalue weighted by Gasteiger charge is 2.37. The number of nitrogens with two attached hydrogens (primary N) is 1. The zero-order valence-corrected chi connectivity index (χ0v) is 13.4. The number of rotatable bonds is 4. The Morgan fingerprint density at radius 1 is 1.09 bits per heavy atom. The van der Waals surface area contributed by atoms with Crippen molar-refractivity contribution in [3.63, 3.8) is 0 Å². The van der Waals surface area contributed by atoms with E-state index in [1.165, 1.54) is 0 Å². The average molecular weight is 324 g/mol. The van der Waals surface area contributed by atoms with Gasteiger partial charge in [-0.2, -0.15) is 0 Å². The Kier molecular flexibility index (Phi) is 3.98. The van der Waals surface area contributed by atoms with E-state index < -0.39 is 11.5 Å². The zero-order chi connectivity index (χ0) is 16.4. The van der Waals surface area contributed by atoms with Crippen LogP contribution in [0.3, 0.4) is 0 Å². The van der Waals surface area contributed by atoms with E-state index in [0.717, 1.165) is 16.1 Å². The van der Waals surface area contributed by atoms with Gasteiger partial charge in [0.25, 0.3) is 5.91 Å². The zero-order valence-electron chi connectivity index (χ0n) is 12.6. The predicted molar refractivity (Wildman–Crippen MR) is 90.9 cm³/mol. The fourth-order valence-corrected chi connectivity index (χ4v) is 3.38. The van der Waals surface area contributed by atoms with Crippen LogP contribution in [-0.4, -0.2) is 16.0 Å². The highest BCUT2D eigenvalue weighted by Crippen LogP contribution is 2.32. The maximum Gasteiger partial charge on any atom is 0.258 e. The maximum absolute atomic E-state index is 12.0. The molecule has 0 aliphatic heterocycles. The van der Waals surface area contributed by atoms with E-state index in [1.807, 2.05) is 25.1 Å². The van der Waals surface area contributed by atoms with Crippen LogP contribution in [-0.2, 0) is 10.4 Å².